The van der Waals surface area contributed by atoms with E-state index in [2.05, 4.69) is 15.5 Å². The molecule has 4 aromatic carbocycles. The van der Waals surface area contributed by atoms with Gasteiger partial charge in [-0.25, -0.2) is 0 Å². The number of amides is 2. The van der Waals surface area contributed by atoms with Crippen LogP contribution in [-0.2, 0) is 37.2 Å². The standard InChI is InChI=1S/C53H67N5O12S2/c1-35(56(34-53(2,3)71)20-22-67-25-26-68-24-23-64-5)27-36(13-12-21-69-48-31-41(54-4)39(29-46(48)65-6)51(59)57-19-18-37-14-8-10-16-43(37)57)33-70-49-32-42-40(30-47(49)66-7)52(60)58-44-17-11-9-15-38(44)28-45(58)50(55-42)72(61,62)63/h8-11,13-17,27,29-32,45,50,54-55,71H,12,18-26,28,33-34H2,1-7H3,(H,61,62,63)/b35-27+,36-13+. The molecule has 3 aliphatic heterocycles. The lowest BCUT2D eigenvalue weighted by molar-refractivity contribution is 0.0210. The fraction of sp³-hybridized carbons (Fsp3) is 0.434. The van der Waals surface area contributed by atoms with Crippen LogP contribution in [0.2, 0.25) is 0 Å². The van der Waals surface area contributed by atoms with E-state index in [1.807, 2.05) is 69.3 Å². The minimum atomic E-state index is -4.72. The Morgan fingerprint density at radius 2 is 1.56 bits per heavy atom. The van der Waals surface area contributed by atoms with Gasteiger partial charge in [0.15, 0.2) is 28.4 Å². The molecule has 0 saturated heterocycles. The summed E-state index contributed by atoms with van der Waals surface area (Å²) < 4.78 is 77.2. The summed E-state index contributed by atoms with van der Waals surface area (Å²) in [4.78, 5) is 33.7. The molecular formula is C53H67N5O12S2. The number of nitrogens with zero attached hydrogens (tertiary/aromatic N) is 3. The van der Waals surface area contributed by atoms with Crippen molar-refractivity contribution >= 4 is 57.3 Å². The first-order chi connectivity index (χ1) is 34.5. The predicted molar refractivity (Wildman–Crippen MR) is 283 cm³/mol. The van der Waals surface area contributed by atoms with Crippen molar-refractivity contribution in [3.8, 4) is 23.0 Å². The number of para-hydroxylation sites is 2. The van der Waals surface area contributed by atoms with E-state index < -0.39 is 27.4 Å². The Hall–Kier alpha value is -5.96. The second-order valence-electron chi connectivity index (χ2n) is 18.3. The topological polar surface area (TPSA) is 187 Å². The summed E-state index contributed by atoms with van der Waals surface area (Å²) in [5.41, 5.74) is 6.42. The van der Waals surface area contributed by atoms with Gasteiger partial charge in [0.1, 0.15) is 6.61 Å². The third-order valence-electron chi connectivity index (χ3n) is 12.6. The molecule has 72 heavy (non-hydrogen) atoms. The average molecular weight is 1030 g/mol. The molecule has 17 nitrogen and oxygen atoms in total. The molecule has 0 saturated carbocycles. The maximum Gasteiger partial charge on any atom is 0.288 e. The van der Waals surface area contributed by atoms with E-state index in [4.69, 9.17) is 45.8 Å². The number of ether oxygens (including phenoxy) is 7. The van der Waals surface area contributed by atoms with E-state index in [0.29, 0.717) is 87.5 Å². The number of rotatable bonds is 25. The van der Waals surface area contributed by atoms with E-state index >= 15 is 0 Å². The Morgan fingerprint density at radius 3 is 2.25 bits per heavy atom. The second kappa shape index (κ2) is 24.2. The van der Waals surface area contributed by atoms with E-state index in [0.717, 1.165) is 34.5 Å². The molecule has 0 spiro atoms. The highest BCUT2D eigenvalue weighted by atomic mass is 32.2. The second-order valence-corrected chi connectivity index (χ2v) is 21.0. The SMILES string of the molecule is CNc1cc(OCC/C=C(\C=C(/C)N(CCOCCOCCOC)CC(C)(C)S)COc2cc3c(cc2OC)C(=O)N2c4ccccc4CC2C(S(=O)(=O)O)N3)c(OC)cc1C(=O)N1CCc2ccccc21. The van der Waals surface area contributed by atoms with Gasteiger partial charge in [0, 0.05) is 74.2 Å². The van der Waals surface area contributed by atoms with Gasteiger partial charge >= 0.3 is 0 Å². The summed E-state index contributed by atoms with van der Waals surface area (Å²) in [5, 5.41) is 4.61. The van der Waals surface area contributed by atoms with Crippen molar-refractivity contribution in [1.29, 1.82) is 0 Å². The molecule has 19 heteroatoms. The fourth-order valence-corrected chi connectivity index (χ4v) is 10.2. The van der Waals surface area contributed by atoms with Crippen LogP contribution in [0.5, 0.6) is 23.0 Å². The van der Waals surface area contributed by atoms with Crippen molar-refractivity contribution in [2.24, 2.45) is 0 Å². The zero-order valence-corrected chi connectivity index (χ0v) is 43.8. The third-order valence-corrected chi connectivity index (χ3v) is 13.8. The van der Waals surface area contributed by atoms with Crippen LogP contribution in [0.1, 0.15) is 59.0 Å². The Morgan fingerprint density at radius 1 is 0.889 bits per heavy atom. The van der Waals surface area contributed by atoms with Crippen molar-refractivity contribution < 1.29 is 55.7 Å². The smallest absolute Gasteiger partial charge is 0.288 e. The van der Waals surface area contributed by atoms with Gasteiger partial charge in [-0.05, 0) is 80.7 Å². The van der Waals surface area contributed by atoms with Crippen LogP contribution in [0, 0.1) is 0 Å². The number of anilines is 4. The van der Waals surface area contributed by atoms with Gasteiger partial charge < -0.3 is 58.5 Å². The summed E-state index contributed by atoms with van der Waals surface area (Å²) in [6.45, 7) is 10.4. The van der Waals surface area contributed by atoms with Gasteiger partial charge in [0.25, 0.3) is 21.9 Å². The van der Waals surface area contributed by atoms with Crippen LogP contribution in [-0.4, -0.2) is 140 Å². The minimum absolute atomic E-state index is 0.0152. The molecule has 388 valence electrons. The van der Waals surface area contributed by atoms with Gasteiger partial charge in [0.05, 0.1) is 82.4 Å². The Bertz CT molecular complexity index is 2740. The van der Waals surface area contributed by atoms with E-state index in [1.54, 1.807) is 43.3 Å². The number of methoxy groups -OCH3 is 3. The first kappa shape index (κ1) is 53.8. The molecule has 0 fully saturated rings. The summed E-state index contributed by atoms with van der Waals surface area (Å²) in [6, 6.07) is 20.7. The van der Waals surface area contributed by atoms with Gasteiger partial charge in [-0.15, -0.1) is 0 Å². The molecule has 0 aliphatic carbocycles. The number of fused-ring (bicyclic) bond motifs is 5. The van der Waals surface area contributed by atoms with Gasteiger partial charge in [-0.2, -0.15) is 21.0 Å². The zero-order valence-electron chi connectivity index (χ0n) is 42.1. The van der Waals surface area contributed by atoms with E-state index in [9.17, 15) is 22.6 Å². The molecule has 2 atom stereocenters. The summed E-state index contributed by atoms with van der Waals surface area (Å²) in [5.74, 6) is 0.738. The highest BCUT2D eigenvalue weighted by Gasteiger charge is 2.47. The number of nitrogens with one attached hydrogen (secondary N) is 2. The van der Waals surface area contributed by atoms with E-state index in [1.165, 1.54) is 31.3 Å². The number of benzene rings is 4. The number of allylic oxidation sites excluding steroid dienone is 1. The molecule has 2 amide bonds. The van der Waals surface area contributed by atoms with Crippen molar-refractivity contribution in [1.82, 2.24) is 4.90 Å². The largest absolute Gasteiger partial charge is 0.493 e. The number of carbonyl (C=O) groups excluding carboxylic acids is 2. The molecule has 0 radical (unpaired) electrons. The first-order valence-electron chi connectivity index (χ1n) is 24.0. The van der Waals surface area contributed by atoms with Gasteiger partial charge in [-0.1, -0.05) is 42.5 Å². The van der Waals surface area contributed by atoms with Crippen LogP contribution in [0.15, 0.2) is 96.2 Å². The number of carbonyl (C=O) groups is 2. The monoisotopic (exact) mass is 1030 g/mol. The molecule has 2 unspecified atom stereocenters. The lowest BCUT2D eigenvalue weighted by Gasteiger charge is -2.32. The summed E-state index contributed by atoms with van der Waals surface area (Å²) >= 11 is 4.87. The number of hydrogen-bond acceptors (Lipinski definition) is 15. The normalized spacial score (nSPS) is 16.5. The lowest BCUT2D eigenvalue weighted by atomic mass is 10.1. The first-order valence-corrected chi connectivity index (χ1v) is 25.9. The highest BCUT2D eigenvalue weighted by molar-refractivity contribution is 7.86. The molecule has 7 rings (SSSR count). The number of hydrogen-bond donors (Lipinski definition) is 4. The summed E-state index contributed by atoms with van der Waals surface area (Å²) in [6.07, 6.45) is 5.43. The van der Waals surface area contributed by atoms with Crippen LogP contribution in [0.25, 0.3) is 0 Å². The molecule has 0 aromatic heterocycles. The predicted octanol–water partition coefficient (Wildman–Crippen LogP) is 7.53. The molecular weight excluding hydrogens is 963 g/mol. The van der Waals surface area contributed by atoms with Crippen LogP contribution in [0.3, 0.4) is 0 Å². The maximum atomic E-state index is 14.3. The Balaban J connectivity index is 1.15. The van der Waals surface area contributed by atoms with Crippen molar-refractivity contribution in [3.63, 3.8) is 0 Å². The molecule has 3 N–H and O–H groups in total. The number of thiol groups is 1. The molecule has 4 aromatic rings. The fourth-order valence-electron chi connectivity index (χ4n) is 9.19. The zero-order chi connectivity index (χ0) is 51.6. The maximum absolute atomic E-state index is 14.3. The summed E-state index contributed by atoms with van der Waals surface area (Å²) in [7, 11) is 1.67. The van der Waals surface area contributed by atoms with Crippen molar-refractivity contribution in [3.05, 3.63) is 118 Å². The van der Waals surface area contributed by atoms with Gasteiger partial charge in [0.2, 0.25) is 0 Å². The van der Waals surface area contributed by atoms with Gasteiger partial charge in [-0.3, -0.25) is 14.1 Å². The molecule has 0 bridgehead atoms. The quantitative estimate of drug-likeness (QED) is 0.0221. The minimum Gasteiger partial charge on any atom is -0.493 e. The Labute approximate surface area is 428 Å². The highest BCUT2D eigenvalue weighted by Crippen LogP contribution is 2.43. The van der Waals surface area contributed by atoms with Crippen molar-refractivity contribution in [2.45, 2.75) is 56.2 Å². The lowest BCUT2D eigenvalue weighted by Crippen LogP contribution is -2.49. The van der Waals surface area contributed by atoms with Crippen LogP contribution >= 0.6 is 12.6 Å². The third kappa shape index (κ3) is 13.0. The Kier molecular flexibility index (Phi) is 18.1. The van der Waals surface area contributed by atoms with E-state index in [-0.39, 0.29) is 53.0 Å². The molecule has 3 aliphatic rings. The average Bonchev–Trinajstić information content (AvgIpc) is 3.94. The van der Waals surface area contributed by atoms with Crippen LogP contribution < -0.4 is 39.4 Å². The van der Waals surface area contributed by atoms with Crippen LogP contribution in [0.4, 0.5) is 22.7 Å². The molecule has 3 heterocycles. The van der Waals surface area contributed by atoms with Crippen molar-refractivity contribution in [2.75, 3.05) is 115 Å².